The van der Waals surface area contributed by atoms with Crippen LogP contribution in [0.5, 0.6) is 11.5 Å². The number of hydrogen-bond donors (Lipinski definition) is 7. The topological polar surface area (TPSA) is 435 Å². The molecule has 1 amide bonds. The third kappa shape index (κ3) is 13.8. The quantitative estimate of drug-likeness (QED) is 0.0238. The molecule has 0 radical (unpaired) electrons. The summed E-state index contributed by atoms with van der Waals surface area (Å²) < 4.78 is 175. The van der Waals surface area contributed by atoms with Crippen LogP contribution in [0.2, 0.25) is 0 Å². The van der Waals surface area contributed by atoms with Gasteiger partial charge in [0.05, 0.1) is 51.4 Å². The van der Waals surface area contributed by atoms with Crippen molar-refractivity contribution in [2.75, 3.05) is 17.7 Å². The largest absolute Gasteiger partial charge is 0.505 e. The van der Waals surface area contributed by atoms with E-state index >= 15 is 0 Å². The normalized spacial score (nSPS) is 12.9. The van der Waals surface area contributed by atoms with Crippen LogP contribution in [0, 0.1) is 27.7 Å². The predicted octanol–water partition coefficient (Wildman–Crippen LogP) is 12.0. The molecular weight excluding hydrogens is 1260 g/mol. The van der Waals surface area contributed by atoms with Crippen LogP contribution in [-0.2, 0) is 50.6 Å². The van der Waals surface area contributed by atoms with Gasteiger partial charge in [-0.3, -0.25) is 27.6 Å². The van der Waals surface area contributed by atoms with Gasteiger partial charge in [-0.1, -0.05) is 12.1 Å². The molecule has 10 aromatic rings. The van der Waals surface area contributed by atoms with Gasteiger partial charge in [0.15, 0.2) is 5.75 Å². The Kier molecular flexibility index (Phi) is 16.6. The first-order chi connectivity index (χ1) is 41.7. The second-order valence-corrected chi connectivity index (χ2v) is 27.3. The van der Waals surface area contributed by atoms with Gasteiger partial charge < -0.3 is 15.2 Å². The molecule has 0 aliphatic rings. The van der Waals surface area contributed by atoms with Gasteiger partial charge in [-0.15, -0.1) is 15.3 Å². The number of ether oxygens (including phenoxy) is 1. The highest BCUT2D eigenvalue weighted by Gasteiger charge is 2.26. The number of phenolic OH excluding ortho intramolecular Hbond substituents is 1. The average molecular weight is 1310 g/mol. The highest BCUT2D eigenvalue weighted by Crippen LogP contribution is 2.43. The Morgan fingerprint density at radius 3 is 1.63 bits per heavy atom. The minimum atomic E-state index is -5.09. The molecule has 28 nitrogen and oxygen atoms in total. The number of aryl methyl sites for hydroxylation is 4. The van der Waals surface area contributed by atoms with Crippen LogP contribution in [0.1, 0.15) is 39.0 Å². The molecular formula is C56H46N10O18S5. The van der Waals surface area contributed by atoms with E-state index in [-0.39, 0.29) is 84.8 Å². The number of azo groups is 3. The number of carbonyl (C=O) groups is 1. The van der Waals surface area contributed by atoms with Crippen LogP contribution in [0.25, 0.3) is 49.0 Å². The van der Waals surface area contributed by atoms with Gasteiger partial charge in [-0.2, -0.15) is 72.5 Å². The second-order valence-electron chi connectivity index (χ2n) is 20.1. The van der Waals surface area contributed by atoms with Crippen LogP contribution in [-0.4, -0.2) is 103 Å². The van der Waals surface area contributed by atoms with Crippen LogP contribution >= 0.6 is 0 Å². The highest BCUT2D eigenvalue weighted by molar-refractivity contribution is 7.87. The summed E-state index contributed by atoms with van der Waals surface area (Å²) in [7, 11) is -24.1. The summed E-state index contributed by atoms with van der Waals surface area (Å²) >= 11 is 0. The Bertz CT molecular complexity index is 5350. The van der Waals surface area contributed by atoms with Gasteiger partial charge in [0, 0.05) is 38.9 Å². The maximum absolute atomic E-state index is 13.3. The zero-order valence-electron chi connectivity index (χ0n) is 46.4. The first-order valence-corrected chi connectivity index (χ1v) is 33.1. The number of phenols is 1. The van der Waals surface area contributed by atoms with E-state index in [1.165, 1.54) is 66.7 Å². The number of nitrogens with zero attached hydrogens (tertiary/aromatic N) is 9. The number of fused-ring (bicyclic) bond motifs is 5. The fraction of sp³-hybridized carbons (Fsp3) is 0.125. The first kappa shape index (κ1) is 62.6. The lowest BCUT2D eigenvalue weighted by Crippen LogP contribution is -2.11. The lowest BCUT2D eigenvalue weighted by Gasteiger charge is -2.12. The second kappa shape index (κ2) is 23.6. The Morgan fingerprint density at radius 1 is 0.517 bits per heavy atom. The molecule has 0 spiro atoms. The summed E-state index contributed by atoms with van der Waals surface area (Å²) in [6.07, 6.45) is -0.0995. The van der Waals surface area contributed by atoms with E-state index in [4.69, 9.17) is 9.29 Å². The maximum atomic E-state index is 13.3. The van der Waals surface area contributed by atoms with Gasteiger partial charge >= 0.3 is 0 Å². The Labute approximate surface area is 505 Å². The molecule has 0 aliphatic heterocycles. The van der Waals surface area contributed by atoms with Crippen molar-refractivity contribution in [1.82, 2.24) is 15.0 Å². The van der Waals surface area contributed by atoms with E-state index in [1.54, 1.807) is 64.1 Å². The molecule has 0 saturated heterocycles. The van der Waals surface area contributed by atoms with Crippen molar-refractivity contribution in [3.05, 3.63) is 155 Å². The number of carbonyl (C=O) groups excluding carboxylic acids is 1. The molecule has 10 rings (SSSR count). The smallest absolute Gasteiger partial charge is 0.296 e. The van der Waals surface area contributed by atoms with Crippen LogP contribution in [0.4, 0.5) is 39.8 Å². The number of amides is 1. The molecule has 0 aliphatic carbocycles. The molecule has 89 heavy (non-hydrogen) atoms. The van der Waals surface area contributed by atoms with Gasteiger partial charge in [0.2, 0.25) is 0 Å². The summed E-state index contributed by atoms with van der Waals surface area (Å²) in [4.78, 5) is 11.4. The minimum absolute atomic E-state index is 0.00980. The predicted molar refractivity (Wildman–Crippen MR) is 324 cm³/mol. The van der Waals surface area contributed by atoms with E-state index < -0.39 is 93.3 Å². The molecule has 458 valence electrons. The number of hydrogen-bond acceptors (Lipinski definition) is 21. The number of benzene rings is 9. The molecule has 0 saturated carbocycles. The Hall–Kier alpha value is -9.42. The molecule has 1 heterocycles. The van der Waals surface area contributed by atoms with E-state index in [2.05, 4.69) is 46.2 Å². The van der Waals surface area contributed by atoms with E-state index in [9.17, 15) is 70.2 Å². The van der Waals surface area contributed by atoms with Crippen molar-refractivity contribution < 1.29 is 79.5 Å². The van der Waals surface area contributed by atoms with E-state index in [0.717, 1.165) is 23.0 Å². The molecule has 33 heteroatoms. The molecule has 0 unspecified atom stereocenters. The zero-order chi connectivity index (χ0) is 64.3. The Morgan fingerprint density at radius 2 is 1.06 bits per heavy atom. The van der Waals surface area contributed by atoms with Crippen molar-refractivity contribution in [2.45, 2.75) is 53.7 Å². The number of nitrogens with one attached hydrogen (secondary N) is 1. The van der Waals surface area contributed by atoms with Crippen molar-refractivity contribution in [3.63, 3.8) is 0 Å². The first-order valence-electron chi connectivity index (χ1n) is 25.8. The van der Waals surface area contributed by atoms with Gasteiger partial charge in [-0.05, 0) is 176 Å². The summed E-state index contributed by atoms with van der Waals surface area (Å²) in [5, 5.41) is 49.2. The summed E-state index contributed by atoms with van der Waals surface area (Å²) in [6.45, 7) is 6.83. The van der Waals surface area contributed by atoms with Gasteiger partial charge in [0.25, 0.3) is 56.5 Å². The van der Waals surface area contributed by atoms with Gasteiger partial charge in [-0.25, -0.2) is 0 Å². The minimum Gasteiger partial charge on any atom is -0.505 e. The van der Waals surface area contributed by atoms with Crippen molar-refractivity contribution in [3.8, 4) is 17.2 Å². The third-order valence-corrected chi connectivity index (χ3v) is 18.0. The zero-order valence-corrected chi connectivity index (χ0v) is 50.5. The highest BCUT2D eigenvalue weighted by atomic mass is 32.2. The molecule has 7 N–H and O–H groups in total. The average Bonchev–Trinajstić information content (AvgIpc) is 1.76. The number of aromatic nitrogens is 3. The lowest BCUT2D eigenvalue weighted by atomic mass is 10.1. The fourth-order valence-corrected chi connectivity index (χ4v) is 12.5. The maximum Gasteiger partial charge on any atom is 0.296 e. The van der Waals surface area contributed by atoms with Crippen LogP contribution in [0.15, 0.2) is 178 Å². The molecule has 1 aromatic heterocycles. The monoisotopic (exact) mass is 1310 g/mol. The standard InChI is InChI=1S/C56H46N10O18S5/c1-29-19-47(30(2)18-46(29)59-58-36-8-6-33(7-9-36)56(68)57-37-10-12-41-34(22-37)24-39(26-50(41)87(75,76)77)84-16-5-17-85(69,70)71)60-61-48-20-32(4)49(21-31(48)3)62-63-54-52(89(81,82)83)25-35-23-38(11-13-42(35)55(54)67)66-64-45-15-14-43-44(53(45)65-66)27-40(86(72,73)74)28-51(43)88(78,79)80/h6-15,18-28,67H,5,16-17H2,1-4H3,(H,57,68)(H,69,70,71)(H,72,73,74)(H,75,76,77)(H,78,79,80)(H,81,82,83). The lowest BCUT2D eigenvalue weighted by molar-refractivity contribution is 0.102. The van der Waals surface area contributed by atoms with Crippen LogP contribution < -0.4 is 10.1 Å². The van der Waals surface area contributed by atoms with Crippen molar-refractivity contribution >= 4 is 140 Å². The van der Waals surface area contributed by atoms with Crippen molar-refractivity contribution in [2.24, 2.45) is 30.7 Å². The molecule has 9 aromatic carbocycles. The summed E-state index contributed by atoms with van der Waals surface area (Å²) in [5.41, 5.74) is 4.76. The van der Waals surface area contributed by atoms with Crippen molar-refractivity contribution in [1.29, 1.82) is 0 Å². The summed E-state index contributed by atoms with van der Waals surface area (Å²) in [6, 6.07) is 29.2. The molecule has 0 atom stereocenters. The fourth-order valence-electron chi connectivity index (χ4n) is 9.31. The van der Waals surface area contributed by atoms with E-state index in [0.29, 0.717) is 51.1 Å². The number of rotatable bonds is 18. The van der Waals surface area contributed by atoms with Gasteiger partial charge in [0.1, 0.15) is 37.2 Å². The Balaban J connectivity index is 0.824. The summed E-state index contributed by atoms with van der Waals surface area (Å²) in [5.74, 6) is -1.78. The van der Waals surface area contributed by atoms with E-state index in [1.807, 2.05) is 0 Å². The number of anilines is 1. The molecule has 0 bridgehead atoms. The third-order valence-electron chi connectivity index (χ3n) is 13.7. The number of aromatic hydroxyl groups is 1. The molecule has 0 fully saturated rings. The SMILES string of the molecule is Cc1cc(N=Nc2cc(C)c(N=Nc3c(S(=O)(=O)O)cc4cc(-n5nc6ccc7c(S(=O)(=O)O)cc(S(=O)(=O)O)cc7c6n5)ccc4c3O)cc2C)c(C)cc1N=Nc1ccc(C(=O)Nc2ccc3c(S(=O)(=O)O)cc(OCCCS(=O)(=O)O)cc3c2)cc1. The van der Waals surface area contributed by atoms with Crippen LogP contribution in [0.3, 0.4) is 0 Å².